The predicted molar refractivity (Wildman–Crippen MR) is 144 cm³/mol. The van der Waals surface area contributed by atoms with Gasteiger partial charge in [-0.15, -0.1) is 0 Å². The van der Waals surface area contributed by atoms with E-state index in [2.05, 4.69) is 27.7 Å². The maximum absolute atomic E-state index is 13.3. The van der Waals surface area contributed by atoms with Crippen LogP contribution in [0.1, 0.15) is 33.7 Å². The number of imide groups is 1. The molecule has 1 atom stereocenters. The van der Waals surface area contributed by atoms with Gasteiger partial charge in [0.1, 0.15) is 17.1 Å². The van der Waals surface area contributed by atoms with Gasteiger partial charge in [0.05, 0.1) is 13.7 Å². The molecule has 4 amide bonds. The molecule has 6 rings (SSSR count). The van der Waals surface area contributed by atoms with Crippen LogP contribution in [0.25, 0.3) is 11.0 Å². The molecule has 2 saturated heterocycles. The highest BCUT2D eigenvalue weighted by atomic mass is 16.5. The lowest BCUT2D eigenvalue weighted by molar-refractivity contribution is -0.125. The monoisotopic (exact) mass is 546 g/mol. The molecule has 3 aromatic rings. The Kier molecular flexibility index (Phi) is 6.34. The Morgan fingerprint density at radius 1 is 1.10 bits per heavy atom. The van der Waals surface area contributed by atoms with Crippen LogP contribution in [0.2, 0.25) is 0 Å². The largest absolute Gasteiger partial charge is 0.497 e. The number of methoxy groups -OCH3 is 1. The number of amidine groups is 1. The smallest absolute Gasteiger partial charge is 0.322 e. The summed E-state index contributed by atoms with van der Waals surface area (Å²) in [6, 6.07) is 11.7. The van der Waals surface area contributed by atoms with Gasteiger partial charge in [-0.25, -0.2) is 4.79 Å². The number of furan rings is 1. The van der Waals surface area contributed by atoms with Crippen LogP contribution < -0.4 is 15.4 Å². The maximum atomic E-state index is 13.3. The van der Waals surface area contributed by atoms with E-state index in [9.17, 15) is 19.6 Å². The summed E-state index contributed by atoms with van der Waals surface area (Å²) in [5.74, 6) is 0.333. The number of oxime groups is 1. The first-order valence-electron chi connectivity index (χ1n) is 13.1. The second-order valence-electron chi connectivity index (χ2n) is 10.4. The summed E-state index contributed by atoms with van der Waals surface area (Å²) in [7, 11) is 3.60. The molecule has 2 aromatic carbocycles. The van der Waals surface area contributed by atoms with Crippen LogP contribution in [0.15, 0.2) is 52.0 Å². The Bertz CT molecular complexity index is 1550. The topological polar surface area (TPSA) is 140 Å². The minimum atomic E-state index is -1.62. The number of amides is 4. The zero-order valence-corrected chi connectivity index (χ0v) is 22.3. The van der Waals surface area contributed by atoms with Gasteiger partial charge in [0.2, 0.25) is 0 Å². The van der Waals surface area contributed by atoms with Gasteiger partial charge < -0.3 is 34.4 Å². The third kappa shape index (κ3) is 4.30. The molecule has 0 aliphatic carbocycles. The normalized spacial score (nSPS) is 21.9. The van der Waals surface area contributed by atoms with Crippen LogP contribution in [-0.2, 0) is 16.9 Å². The SMILES string of the molecule is COc1ccc2c(c1)C(=O)N(C[C@@]1(c3cc4cc(C(=NO)N5CCCN(C)CC5)ccc4o3)NC(=O)NC1=O)C2. The van der Waals surface area contributed by atoms with Crippen LogP contribution in [0, 0.1) is 0 Å². The molecule has 1 aromatic heterocycles. The number of rotatable bonds is 5. The molecule has 40 heavy (non-hydrogen) atoms. The molecule has 0 spiro atoms. The summed E-state index contributed by atoms with van der Waals surface area (Å²) in [6.07, 6.45) is 0.941. The van der Waals surface area contributed by atoms with E-state index in [0.29, 0.717) is 33.7 Å². The molecule has 2 fully saturated rings. The minimum Gasteiger partial charge on any atom is -0.497 e. The number of nitrogens with zero attached hydrogens (tertiary/aromatic N) is 4. The average molecular weight is 547 g/mol. The standard InChI is InChI=1S/C28H30N6O6/c1-32-8-3-9-33(11-10-32)24(31-38)17-5-7-22-19(12-17)13-23(40-22)28(26(36)29-27(37)30-28)16-34-15-18-4-6-20(39-2)14-21(18)25(34)35/h4-7,12-14,38H,3,8-11,15-16H2,1-2H3,(H2,29,30,36,37)/t28-/m0/s1. The summed E-state index contributed by atoms with van der Waals surface area (Å²) in [6.45, 7) is 3.43. The van der Waals surface area contributed by atoms with Gasteiger partial charge in [0, 0.05) is 42.7 Å². The Labute approximate surface area is 230 Å². The Hall–Kier alpha value is -4.58. The zero-order chi connectivity index (χ0) is 28.0. The van der Waals surface area contributed by atoms with E-state index in [-0.39, 0.29) is 24.8 Å². The molecule has 3 N–H and O–H groups in total. The van der Waals surface area contributed by atoms with Crippen molar-refractivity contribution in [3.8, 4) is 5.75 Å². The molecule has 12 nitrogen and oxygen atoms in total. The number of carbonyl (C=O) groups excluding carboxylic acids is 3. The second-order valence-corrected chi connectivity index (χ2v) is 10.4. The van der Waals surface area contributed by atoms with Gasteiger partial charge in [0.25, 0.3) is 11.8 Å². The molecule has 3 aliphatic rings. The third-order valence-electron chi connectivity index (χ3n) is 7.87. The van der Waals surface area contributed by atoms with Gasteiger partial charge in [0.15, 0.2) is 11.4 Å². The van der Waals surface area contributed by atoms with Crippen molar-refractivity contribution in [2.45, 2.75) is 18.5 Å². The molecule has 0 unspecified atom stereocenters. The van der Waals surface area contributed by atoms with E-state index < -0.39 is 17.5 Å². The van der Waals surface area contributed by atoms with E-state index in [1.54, 1.807) is 30.3 Å². The Morgan fingerprint density at radius 2 is 1.95 bits per heavy atom. The second kappa shape index (κ2) is 9.87. The summed E-state index contributed by atoms with van der Waals surface area (Å²) in [4.78, 5) is 44.7. The lowest BCUT2D eigenvalue weighted by Gasteiger charge is -2.29. The molecular formula is C28H30N6O6. The molecule has 0 saturated carbocycles. The first kappa shape index (κ1) is 25.7. The lowest BCUT2D eigenvalue weighted by atomic mass is 9.95. The zero-order valence-electron chi connectivity index (χ0n) is 22.3. The fourth-order valence-electron chi connectivity index (χ4n) is 5.69. The van der Waals surface area contributed by atoms with Crippen LogP contribution in [-0.4, -0.2) is 90.5 Å². The van der Waals surface area contributed by atoms with E-state index in [4.69, 9.17) is 9.15 Å². The molecule has 208 valence electrons. The molecule has 12 heteroatoms. The van der Waals surface area contributed by atoms with Crippen molar-refractivity contribution in [1.82, 2.24) is 25.3 Å². The van der Waals surface area contributed by atoms with Crippen molar-refractivity contribution in [3.63, 3.8) is 0 Å². The fraction of sp³-hybridized carbons (Fsp3) is 0.357. The first-order valence-corrected chi connectivity index (χ1v) is 13.1. The number of hydrogen-bond donors (Lipinski definition) is 3. The van der Waals surface area contributed by atoms with Crippen molar-refractivity contribution in [2.24, 2.45) is 5.16 Å². The molecule has 4 heterocycles. The molecule has 0 bridgehead atoms. The van der Waals surface area contributed by atoms with E-state index in [1.807, 2.05) is 17.0 Å². The summed E-state index contributed by atoms with van der Waals surface area (Å²) < 4.78 is 11.4. The third-order valence-corrected chi connectivity index (χ3v) is 7.87. The van der Waals surface area contributed by atoms with E-state index in [0.717, 1.165) is 38.2 Å². The number of fused-ring (bicyclic) bond motifs is 2. The molecule has 0 radical (unpaired) electrons. The van der Waals surface area contributed by atoms with Crippen molar-refractivity contribution in [3.05, 3.63) is 64.9 Å². The van der Waals surface area contributed by atoms with Crippen LogP contribution >= 0.6 is 0 Å². The number of likely N-dealkylation sites (N-methyl/N-ethyl adjacent to an activating group) is 1. The number of urea groups is 1. The minimum absolute atomic E-state index is 0.127. The predicted octanol–water partition coefficient (Wildman–Crippen LogP) is 1.91. The van der Waals surface area contributed by atoms with Crippen LogP contribution in [0.5, 0.6) is 5.75 Å². The van der Waals surface area contributed by atoms with Gasteiger partial charge in [-0.05, 0) is 62.0 Å². The maximum Gasteiger partial charge on any atom is 0.322 e. The number of hydrogen-bond acceptors (Lipinski definition) is 8. The number of carbonyl (C=O) groups is 3. The summed E-state index contributed by atoms with van der Waals surface area (Å²) in [5, 5.41) is 19.2. The van der Waals surface area contributed by atoms with Gasteiger partial charge in [-0.2, -0.15) is 0 Å². The highest BCUT2D eigenvalue weighted by molar-refractivity contribution is 6.08. The van der Waals surface area contributed by atoms with E-state index in [1.165, 1.54) is 12.0 Å². The van der Waals surface area contributed by atoms with Gasteiger partial charge in [-0.1, -0.05) is 11.2 Å². The lowest BCUT2D eigenvalue weighted by Crippen LogP contribution is -2.52. The Morgan fingerprint density at radius 3 is 2.70 bits per heavy atom. The quantitative estimate of drug-likeness (QED) is 0.145. The van der Waals surface area contributed by atoms with Crippen LogP contribution in [0.4, 0.5) is 4.79 Å². The summed E-state index contributed by atoms with van der Waals surface area (Å²) >= 11 is 0. The number of benzene rings is 2. The average Bonchev–Trinajstić information content (AvgIpc) is 3.54. The van der Waals surface area contributed by atoms with Crippen LogP contribution in [0.3, 0.4) is 0 Å². The molecular weight excluding hydrogens is 516 g/mol. The first-order chi connectivity index (χ1) is 19.3. The highest BCUT2D eigenvalue weighted by Crippen LogP contribution is 2.35. The summed E-state index contributed by atoms with van der Waals surface area (Å²) in [5.41, 5.74) is 0.849. The van der Waals surface area contributed by atoms with Crippen molar-refractivity contribution in [1.29, 1.82) is 0 Å². The number of ether oxygens (including phenoxy) is 1. The van der Waals surface area contributed by atoms with Crippen molar-refractivity contribution in [2.75, 3.05) is 46.9 Å². The van der Waals surface area contributed by atoms with E-state index >= 15 is 0 Å². The fourth-order valence-corrected chi connectivity index (χ4v) is 5.69. The Balaban J connectivity index is 1.33. The number of nitrogens with one attached hydrogen (secondary N) is 2. The molecule has 3 aliphatic heterocycles. The van der Waals surface area contributed by atoms with Gasteiger partial charge >= 0.3 is 6.03 Å². The van der Waals surface area contributed by atoms with Crippen molar-refractivity contribution < 1.29 is 28.7 Å². The van der Waals surface area contributed by atoms with Crippen molar-refractivity contribution >= 4 is 34.7 Å². The van der Waals surface area contributed by atoms with Gasteiger partial charge in [-0.3, -0.25) is 14.9 Å². The highest BCUT2D eigenvalue weighted by Gasteiger charge is 2.53.